The Hall–Kier alpha value is -1.03. The van der Waals surface area contributed by atoms with Crippen molar-refractivity contribution in [3.8, 4) is 5.75 Å². The molecular formula is C19H24BrNO2. The van der Waals surface area contributed by atoms with Crippen molar-refractivity contribution in [2.45, 2.75) is 49.3 Å². The van der Waals surface area contributed by atoms with Crippen LogP contribution in [0, 0.1) is 17.3 Å². The van der Waals surface area contributed by atoms with Gasteiger partial charge in [-0.05, 0) is 74.5 Å². The van der Waals surface area contributed by atoms with Gasteiger partial charge in [-0.3, -0.25) is 4.79 Å². The lowest BCUT2D eigenvalue weighted by molar-refractivity contribution is -0.143. The van der Waals surface area contributed by atoms with Gasteiger partial charge in [0.15, 0.2) is 0 Å². The number of alkyl halides is 1. The molecule has 23 heavy (non-hydrogen) atoms. The van der Waals surface area contributed by atoms with Gasteiger partial charge in [0.2, 0.25) is 5.91 Å². The van der Waals surface area contributed by atoms with Crippen LogP contribution < -0.4 is 5.32 Å². The van der Waals surface area contributed by atoms with Gasteiger partial charge in [-0.15, -0.1) is 0 Å². The number of hydrogen-bond acceptors (Lipinski definition) is 2. The summed E-state index contributed by atoms with van der Waals surface area (Å²) < 4.78 is 0.228. The fourth-order valence-electron chi connectivity index (χ4n) is 5.59. The molecule has 0 spiro atoms. The van der Waals surface area contributed by atoms with Crippen molar-refractivity contribution in [2.24, 2.45) is 17.3 Å². The van der Waals surface area contributed by atoms with E-state index < -0.39 is 0 Å². The van der Waals surface area contributed by atoms with Crippen LogP contribution in [0.15, 0.2) is 24.3 Å². The molecule has 124 valence electrons. The second kappa shape index (κ2) is 5.51. The van der Waals surface area contributed by atoms with E-state index in [0.717, 1.165) is 43.1 Å². The van der Waals surface area contributed by atoms with Gasteiger partial charge in [-0.25, -0.2) is 0 Å². The highest BCUT2D eigenvalue weighted by atomic mass is 79.9. The van der Waals surface area contributed by atoms with Crippen LogP contribution in [0.25, 0.3) is 0 Å². The Morgan fingerprint density at radius 1 is 1.17 bits per heavy atom. The van der Waals surface area contributed by atoms with E-state index in [1.165, 1.54) is 19.3 Å². The molecule has 4 bridgehead atoms. The number of rotatable bonds is 4. The van der Waals surface area contributed by atoms with E-state index in [9.17, 15) is 9.90 Å². The smallest absolute Gasteiger partial charge is 0.226 e. The minimum absolute atomic E-state index is 0.122. The number of benzene rings is 1. The Morgan fingerprint density at radius 2 is 1.83 bits per heavy atom. The first-order chi connectivity index (χ1) is 11.0. The number of hydrogen-bond donors (Lipinski definition) is 2. The van der Waals surface area contributed by atoms with Crippen molar-refractivity contribution in [3.63, 3.8) is 0 Å². The van der Waals surface area contributed by atoms with Crippen molar-refractivity contribution >= 4 is 21.8 Å². The Morgan fingerprint density at radius 3 is 2.43 bits per heavy atom. The van der Waals surface area contributed by atoms with Crippen molar-refractivity contribution < 1.29 is 9.90 Å². The average Bonchev–Trinajstić information content (AvgIpc) is 2.46. The molecule has 4 aliphatic rings. The van der Waals surface area contributed by atoms with E-state index in [2.05, 4.69) is 21.2 Å². The first-order valence-corrected chi connectivity index (χ1v) is 9.51. The molecule has 1 aromatic rings. The van der Waals surface area contributed by atoms with Crippen LogP contribution in [-0.2, 0) is 11.2 Å². The summed E-state index contributed by atoms with van der Waals surface area (Å²) in [4.78, 5) is 12.9. The first kappa shape index (κ1) is 15.5. The van der Waals surface area contributed by atoms with Gasteiger partial charge < -0.3 is 10.4 Å². The van der Waals surface area contributed by atoms with Gasteiger partial charge in [0.25, 0.3) is 0 Å². The molecule has 4 fully saturated rings. The topological polar surface area (TPSA) is 49.3 Å². The molecule has 0 aromatic heterocycles. The van der Waals surface area contributed by atoms with E-state index in [0.29, 0.717) is 6.54 Å². The predicted molar refractivity (Wildman–Crippen MR) is 93.6 cm³/mol. The fourth-order valence-corrected chi connectivity index (χ4v) is 7.04. The van der Waals surface area contributed by atoms with Gasteiger partial charge in [0.1, 0.15) is 5.75 Å². The van der Waals surface area contributed by atoms with Crippen molar-refractivity contribution in [3.05, 3.63) is 29.8 Å². The summed E-state index contributed by atoms with van der Waals surface area (Å²) in [6.45, 7) is 0.677. The molecule has 0 heterocycles. The molecule has 2 atom stereocenters. The molecule has 0 aliphatic heterocycles. The van der Waals surface area contributed by atoms with Gasteiger partial charge in [0, 0.05) is 10.9 Å². The number of carbonyl (C=O) groups is 1. The summed E-state index contributed by atoms with van der Waals surface area (Å²) in [5, 5.41) is 12.5. The number of amides is 1. The minimum atomic E-state index is -0.122. The van der Waals surface area contributed by atoms with Crippen LogP contribution in [0.5, 0.6) is 5.75 Å². The molecule has 0 unspecified atom stereocenters. The highest BCUT2D eigenvalue weighted by Crippen LogP contribution is 2.64. The number of phenolic OH excluding ortho intramolecular Hbond substituents is 1. The summed E-state index contributed by atoms with van der Waals surface area (Å²) in [6.07, 6.45) is 7.84. The lowest BCUT2D eigenvalue weighted by Gasteiger charge is -2.59. The molecule has 2 N–H and O–H groups in total. The highest BCUT2D eigenvalue weighted by molar-refractivity contribution is 9.10. The number of nitrogens with one attached hydrogen (secondary N) is 1. The van der Waals surface area contributed by atoms with Crippen LogP contribution in [0.3, 0.4) is 0 Å². The monoisotopic (exact) mass is 377 g/mol. The van der Waals surface area contributed by atoms with Crippen molar-refractivity contribution in [1.82, 2.24) is 5.32 Å². The Bertz CT molecular complexity index is 598. The highest BCUT2D eigenvalue weighted by Gasteiger charge is 2.59. The van der Waals surface area contributed by atoms with Gasteiger partial charge in [0.05, 0.1) is 5.41 Å². The molecule has 3 nitrogen and oxygen atoms in total. The summed E-state index contributed by atoms with van der Waals surface area (Å²) in [5.41, 5.74) is 1.02. The lowest BCUT2D eigenvalue weighted by atomic mass is 9.49. The van der Waals surface area contributed by atoms with Crippen molar-refractivity contribution in [2.75, 3.05) is 6.54 Å². The van der Waals surface area contributed by atoms with Gasteiger partial charge in [-0.2, -0.15) is 0 Å². The van der Waals surface area contributed by atoms with Gasteiger partial charge in [-0.1, -0.05) is 28.1 Å². The summed E-state index contributed by atoms with van der Waals surface area (Å²) >= 11 is 3.97. The fraction of sp³-hybridized carbons (Fsp3) is 0.632. The molecule has 4 saturated carbocycles. The molecule has 0 radical (unpaired) electrons. The number of carbonyl (C=O) groups excluding carboxylic acids is 1. The molecule has 5 rings (SSSR count). The Balaban J connectivity index is 1.38. The predicted octanol–water partition coefficient (Wildman–Crippen LogP) is 3.78. The zero-order valence-electron chi connectivity index (χ0n) is 13.4. The third kappa shape index (κ3) is 2.90. The minimum Gasteiger partial charge on any atom is -0.508 e. The standard InChI is InChI=1S/C19H24BrNO2/c20-19-10-14-7-15(11-19)9-18(8-14,12-19)17(23)21-6-5-13-1-3-16(22)4-2-13/h1-4,14-15,22H,5-12H2,(H,21,23)/t14-,15-,18?,19?/m1/s1. The van der Waals surface area contributed by atoms with Crippen LogP contribution >= 0.6 is 15.9 Å². The molecule has 1 amide bonds. The number of phenols is 1. The Labute approximate surface area is 146 Å². The SMILES string of the molecule is O=C(NCCc1ccc(O)cc1)C12C[C@H]3C[C@@H](CC(Br)(C3)C1)C2. The zero-order valence-corrected chi connectivity index (χ0v) is 14.9. The normalized spacial score (nSPS) is 37.8. The molecule has 4 heteroatoms. The molecule has 4 aliphatic carbocycles. The number of halogens is 1. The molecular weight excluding hydrogens is 354 g/mol. The Kier molecular flexibility index (Phi) is 3.71. The van der Waals surface area contributed by atoms with E-state index in [4.69, 9.17) is 0 Å². The average molecular weight is 378 g/mol. The maximum absolute atomic E-state index is 12.9. The summed E-state index contributed by atoms with van der Waals surface area (Å²) in [6, 6.07) is 7.23. The maximum atomic E-state index is 12.9. The summed E-state index contributed by atoms with van der Waals surface area (Å²) in [5.74, 6) is 2.03. The number of aromatic hydroxyl groups is 1. The first-order valence-electron chi connectivity index (χ1n) is 8.72. The van der Waals surface area contributed by atoms with Crippen LogP contribution in [-0.4, -0.2) is 21.9 Å². The zero-order chi connectivity index (χ0) is 16.1. The van der Waals surface area contributed by atoms with E-state index in [1.54, 1.807) is 12.1 Å². The third-order valence-electron chi connectivity index (χ3n) is 6.11. The lowest BCUT2D eigenvalue weighted by Crippen LogP contribution is -2.58. The second-order valence-corrected chi connectivity index (χ2v) is 9.75. The largest absolute Gasteiger partial charge is 0.508 e. The van der Waals surface area contributed by atoms with E-state index in [-0.39, 0.29) is 21.4 Å². The van der Waals surface area contributed by atoms with Crippen LogP contribution in [0.4, 0.5) is 0 Å². The second-order valence-electron chi connectivity index (χ2n) is 8.06. The van der Waals surface area contributed by atoms with E-state index >= 15 is 0 Å². The molecule has 0 saturated heterocycles. The van der Waals surface area contributed by atoms with Crippen molar-refractivity contribution in [1.29, 1.82) is 0 Å². The van der Waals surface area contributed by atoms with Gasteiger partial charge >= 0.3 is 0 Å². The summed E-state index contributed by atoms with van der Waals surface area (Å²) in [7, 11) is 0. The van der Waals surface area contributed by atoms with E-state index in [1.807, 2.05) is 12.1 Å². The maximum Gasteiger partial charge on any atom is 0.226 e. The van der Waals surface area contributed by atoms with Crippen LogP contribution in [0.1, 0.15) is 44.1 Å². The van der Waals surface area contributed by atoms with Crippen LogP contribution in [0.2, 0.25) is 0 Å². The molecule has 1 aromatic carbocycles. The third-order valence-corrected chi connectivity index (χ3v) is 7.03. The quantitative estimate of drug-likeness (QED) is 0.784.